The summed E-state index contributed by atoms with van der Waals surface area (Å²) in [6.45, 7) is 1.74. The highest BCUT2D eigenvalue weighted by atomic mass is 16.5. The summed E-state index contributed by atoms with van der Waals surface area (Å²) in [6.07, 6.45) is 0. The molecule has 2 rings (SSSR count). The Morgan fingerprint density at radius 2 is 1.90 bits per heavy atom. The van der Waals surface area contributed by atoms with Crippen molar-refractivity contribution in [3.05, 3.63) is 23.4 Å². The Morgan fingerprint density at radius 3 is 2.43 bits per heavy atom. The van der Waals surface area contributed by atoms with Crippen LogP contribution in [0, 0.1) is 11.8 Å². The molecule has 5 heteroatoms. The van der Waals surface area contributed by atoms with Crippen LogP contribution in [0.1, 0.15) is 23.0 Å². The van der Waals surface area contributed by atoms with E-state index in [2.05, 4.69) is 11.8 Å². The van der Waals surface area contributed by atoms with Crippen molar-refractivity contribution in [2.75, 3.05) is 21.3 Å². The van der Waals surface area contributed by atoms with Crippen LogP contribution in [0.25, 0.3) is 10.9 Å². The van der Waals surface area contributed by atoms with Crippen molar-refractivity contribution in [1.29, 1.82) is 0 Å². The number of carbonyl (C=O) groups is 1. The van der Waals surface area contributed by atoms with E-state index in [-0.39, 0.29) is 0 Å². The monoisotopic (exact) mass is 287 g/mol. The first-order valence-corrected chi connectivity index (χ1v) is 6.34. The van der Waals surface area contributed by atoms with Crippen molar-refractivity contribution in [3.8, 4) is 23.3 Å². The van der Waals surface area contributed by atoms with E-state index < -0.39 is 5.97 Å². The summed E-state index contributed by atoms with van der Waals surface area (Å²) >= 11 is 0. The van der Waals surface area contributed by atoms with Crippen LogP contribution < -0.4 is 9.47 Å². The number of hydrogen-bond donors (Lipinski definition) is 0. The third kappa shape index (κ3) is 2.29. The summed E-state index contributed by atoms with van der Waals surface area (Å²) in [5.41, 5.74) is 1.94. The Kier molecular flexibility index (Phi) is 4.08. The Bertz CT molecular complexity index is 762. The number of aryl methyl sites for hydroxylation is 1. The zero-order chi connectivity index (χ0) is 15.6. The van der Waals surface area contributed by atoms with Crippen LogP contribution in [0.4, 0.5) is 0 Å². The van der Waals surface area contributed by atoms with E-state index in [1.165, 1.54) is 7.11 Å². The molecule has 5 nitrogen and oxygen atoms in total. The summed E-state index contributed by atoms with van der Waals surface area (Å²) in [5.74, 6) is 6.62. The van der Waals surface area contributed by atoms with Gasteiger partial charge in [-0.1, -0.05) is 5.92 Å². The molecule has 0 bridgehead atoms. The molecule has 0 amide bonds. The van der Waals surface area contributed by atoms with Crippen molar-refractivity contribution in [3.63, 3.8) is 0 Å². The highest BCUT2D eigenvalue weighted by molar-refractivity contribution is 5.99. The molecular weight excluding hydrogens is 270 g/mol. The number of aromatic nitrogens is 1. The maximum atomic E-state index is 11.8. The Morgan fingerprint density at radius 1 is 1.19 bits per heavy atom. The lowest BCUT2D eigenvalue weighted by Gasteiger charge is -2.12. The quantitative estimate of drug-likeness (QED) is 0.642. The lowest BCUT2D eigenvalue weighted by Crippen LogP contribution is -2.07. The molecule has 110 valence electrons. The fraction of sp³-hybridized carbons (Fsp3) is 0.312. The molecule has 0 saturated carbocycles. The zero-order valence-corrected chi connectivity index (χ0v) is 12.7. The standard InChI is InChI=1S/C16H17NO4/c1-6-7-11-14-10(9-13(19-3)15(11)20-4)8-12(17(14)2)16(18)21-5/h8-9H,1-5H3. The smallest absolute Gasteiger partial charge is 0.354 e. The van der Waals surface area contributed by atoms with Gasteiger partial charge in [0.1, 0.15) is 5.69 Å². The SMILES string of the molecule is CC#Cc1c(OC)c(OC)cc2cc(C(=O)OC)n(C)c12. The number of rotatable bonds is 3. The second-order valence-corrected chi connectivity index (χ2v) is 4.38. The highest BCUT2D eigenvalue weighted by Gasteiger charge is 2.21. The summed E-state index contributed by atoms with van der Waals surface area (Å²) in [6, 6.07) is 3.57. The molecule has 0 atom stereocenters. The first-order valence-electron chi connectivity index (χ1n) is 6.34. The number of fused-ring (bicyclic) bond motifs is 1. The van der Waals surface area contributed by atoms with Crippen molar-refractivity contribution in [2.24, 2.45) is 7.05 Å². The molecular formula is C16H17NO4. The molecule has 0 saturated heterocycles. The second-order valence-electron chi connectivity index (χ2n) is 4.38. The van der Waals surface area contributed by atoms with E-state index in [0.717, 1.165) is 10.9 Å². The van der Waals surface area contributed by atoms with E-state index in [0.29, 0.717) is 22.8 Å². The van der Waals surface area contributed by atoms with Crippen LogP contribution in [0.5, 0.6) is 11.5 Å². The summed E-state index contributed by atoms with van der Waals surface area (Å²) in [5, 5.41) is 0.841. The molecule has 1 aromatic carbocycles. The summed E-state index contributed by atoms with van der Waals surface area (Å²) in [4.78, 5) is 11.8. The first-order chi connectivity index (χ1) is 10.1. The number of carbonyl (C=O) groups excluding carboxylic acids is 1. The molecule has 2 aromatic rings. The van der Waals surface area contributed by atoms with Gasteiger partial charge in [-0.2, -0.15) is 0 Å². The maximum absolute atomic E-state index is 11.8. The minimum atomic E-state index is -0.401. The Labute approximate surface area is 123 Å². The van der Waals surface area contributed by atoms with Gasteiger partial charge >= 0.3 is 5.97 Å². The summed E-state index contributed by atoms with van der Waals surface area (Å²) in [7, 11) is 6.28. The first kappa shape index (κ1) is 14.8. The highest BCUT2D eigenvalue weighted by Crippen LogP contribution is 2.38. The minimum absolute atomic E-state index is 0.401. The molecule has 0 fully saturated rings. The number of nitrogens with zero attached hydrogens (tertiary/aromatic N) is 1. The van der Waals surface area contributed by atoms with E-state index >= 15 is 0 Å². The number of esters is 1. The van der Waals surface area contributed by atoms with Crippen LogP contribution in [0.2, 0.25) is 0 Å². The van der Waals surface area contributed by atoms with E-state index in [1.807, 2.05) is 6.07 Å². The molecule has 0 spiro atoms. The number of benzene rings is 1. The normalized spacial score (nSPS) is 9.95. The van der Waals surface area contributed by atoms with Crippen molar-refractivity contribution >= 4 is 16.9 Å². The average Bonchev–Trinajstić information content (AvgIpc) is 2.83. The van der Waals surface area contributed by atoms with Crippen LogP contribution in [-0.4, -0.2) is 31.9 Å². The van der Waals surface area contributed by atoms with Gasteiger partial charge in [0.2, 0.25) is 0 Å². The van der Waals surface area contributed by atoms with Gasteiger partial charge in [0, 0.05) is 12.4 Å². The predicted octanol–water partition coefficient (Wildman–Crippen LogP) is 2.35. The number of methoxy groups -OCH3 is 3. The van der Waals surface area contributed by atoms with Gasteiger partial charge in [0.25, 0.3) is 0 Å². The van der Waals surface area contributed by atoms with E-state index in [4.69, 9.17) is 14.2 Å². The number of ether oxygens (including phenoxy) is 3. The van der Waals surface area contributed by atoms with Gasteiger partial charge in [-0.05, 0) is 19.1 Å². The zero-order valence-electron chi connectivity index (χ0n) is 12.7. The topological polar surface area (TPSA) is 49.7 Å². The van der Waals surface area contributed by atoms with Crippen LogP contribution in [0.3, 0.4) is 0 Å². The lowest BCUT2D eigenvalue weighted by atomic mass is 10.1. The van der Waals surface area contributed by atoms with E-state index in [1.54, 1.807) is 38.8 Å². The molecule has 0 radical (unpaired) electrons. The van der Waals surface area contributed by atoms with Gasteiger partial charge in [0.15, 0.2) is 11.5 Å². The minimum Gasteiger partial charge on any atom is -0.493 e. The lowest BCUT2D eigenvalue weighted by molar-refractivity contribution is 0.0590. The maximum Gasteiger partial charge on any atom is 0.354 e. The number of hydrogen-bond acceptors (Lipinski definition) is 4. The molecule has 0 aliphatic rings. The van der Waals surface area contributed by atoms with Crippen molar-refractivity contribution < 1.29 is 19.0 Å². The fourth-order valence-corrected chi connectivity index (χ4v) is 2.38. The molecule has 1 aromatic heterocycles. The molecule has 0 unspecified atom stereocenters. The molecule has 1 heterocycles. The molecule has 0 aliphatic heterocycles. The largest absolute Gasteiger partial charge is 0.493 e. The van der Waals surface area contributed by atoms with Gasteiger partial charge in [-0.25, -0.2) is 4.79 Å². The average molecular weight is 287 g/mol. The molecule has 0 aliphatic carbocycles. The predicted molar refractivity (Wildman–Crippen MR) is 79.9 cm³/mol. The Balaban J connectivity index is 2.92. The second kappa shape index (κ2) is 5.80. The van der Waals surface area contributed by atoms with E-state index in [9.17, 15) is 4.79 Å². The Hall–Kier alpha value is -2.61. The third-order valence-electron chi connectivity index (χ3n) is 3.31. The van der Waals surface area contributed by atoms with Gasteiger partial charge in [0.05, 0.1) is 32.4 Å². The van der Waals surface area contributed by atoms with Gasteiger partial charge in [-0.15, -0.1) is 5.92 Å². The van der Waals surface area contributed by atoms with Gasteiger partial charge < -0.3 is 18.8 Å². The fourth-order valence-electron chi connectivity index (χ4n) is 2.38. The van der Waals surface area contributed by atoms with Crippen LogP contribution in [0.15, 0.2) is 12.1 Å². The third-order valence-corrected chi connectivity index (χ3v) is 3.31. The van der Waals surface area contributed by atoms with Crippen LogP contribution in [-0.2, 0) is 11.8 Å². The van der Waals surface area contributed by atoms with Crippen molar-refractivity contribution in [1.82, 2.24) is 4.57 Å². The molecule has 21 heavy (non-hydrogen) atoms. The van der Waals surface area contributed by atoms with Gasteiger partial charge in [-0.3, -0.25) is 0 Å². The summed E-state index contributed by atoms with van der Waals surface area (Å²) < 4.78 is 17.3. The van der Waals surface area contributed by atoms with Crippen molar-refractivity contribution in [2.45, 2.75) is 6.92 Å². The van der Waals surface area contributed by atoms with Crippen LogP contribution >= 0.6 is 0 Å². The molecule has 0 N–H and O–H groups in total.